The van der Waals surface area contributed by atoms with Gasteiger partial charge in [-0.3, -0.25) is 9.59 Å². The predicted octanol–water partition coefficient (Wildman–Crippen LogP) is 5.40. The molecule has 5 rings (SSSR count). The first-order valence-electron chi connectivity index (χ1n) is 14.9. The van der Waals surface area contributed by atoms with Crippen molar-refractivity contribution in [3.05, 3.63) is 96.4 Å². The summed E-state index contributed by atoms with van der Waals surface area (Å²) >= 11 is 0. The quantitative estimate of drug-likeness (QED) is 0.225. The van der Waals surface area contributed by atoms with E-state index in [2.05, 4.69) is 17.1 Å². The van der Waals surface area contributed by atoms with Crippen LogP contribution in [0.5, 0.6) is 0 Å². The number of nitrogens with one attached hydrogen (secondary N) is 2. The second kappa shape index (κ2) is 14.8. The maximum absolute atomic E-state index is 13.5. The Morgan fingerprint density at radius 1 is 0.881 bits per heavy atom. The highest BCUT2D eigenvalue weighted by Gasteiger charge is 2.28. The third kappa shape index (κ3) is 7.63. The molecule has 8 heteroatoms. The van der Waals surface area contributed by atoms with Crippen LogP contribution in [0.25, 0.3) is 11.1 Å². The number of ketones is 1. The lowest BCUT2D eigenvalue weighted by Crippen LogP contribution is -2.50. The molecule has 2 N–H and O–H groups in total. The molecule has 219 valence electrons. The van der Waals surface area contributed by atoms with Crippen LogP contribution in [0.15, 0.2) is 78.9 Å². The number of hydrogen-bond acceptors (Lipinski definition) is 6. The van der Waals surface area contributed by atoms with Crippen LogP contribution < -0.4 is 15.6 Å². The van der Waals surface area contributed by atoms with Crippen molar-refractivity contribution in [1.29, 1.82) is 0 Å². The van der Waals surface area contributed by atoms with E-state index in [1.165, 1.54) is 0 Å². The molecular weight excluding hydrogens is 528 g/mol. The topological polar surface area (TPSA) is 91.0 Å². The number of carbonyl (C=O) groups excluding carboxylic acids is 3. The summed E-state index contributed by atoms with van der Waals surface area (Å²) in [4.78, 5) is 38.2. The highest BCUT2D eigenvalue weighted by atomic mass is 16.6. The van der Waals surface area contributed by atoms with Gasteiger partial charge in [-0.15, -0.1) is 0 Å². The number of carbonyl (C=O) groups is 3. The fraction of sp³-hybridized carbons (Fsp3) is 0.353. The molecule has 2 amide bonds. The Balaban J connectivity index is 1.12. The Hall–Kier alpha value is -4.01. The summed E-state index contributed by atoms with van der Waals surface area (Å²) in [5, 5.41) is 9.77. The van der Waals surface area contributed by atoms with Crippen molar-refractivity contribution in [3.8, 4) is 11.1 Å². The van der Waals surface area contributed by atoms with E-state index in [1.54, 1.807) is 17.1 Å². The molecule has 1 aliphatic heterocycles. The molecule has 1 saturated carbocycles. The van der Waals surface area contributed by atoms with Gasteiger partial charge in [-0.05, 0) is 49.3 Å². The summed E-state index contributed by atoms with van der Waals surface area (Å²) in [7, 11) is 0. The molecule has 3 aromatic rings. The zero-order chi connectivity index (χ0) is 29.1. The summed E-state index contributed by atoms with van der Waals surface area (Å²) < 4.78 is 5.71. The van der Waals surface area contributed by atoms with E-state index in [4.69, 9.17) is 4.74 Å². The normalized spacial score (nSPS) is 15.4. The number of para-hydroxylation sites is 1. The zero-order valence-electron chi connectivity index (χ0n) is 24.0. The van der Waals surface area contributed by atoms with Crippen LogP contribution in [-0.2, 0) is 16.1 Å². The van der Waals surface area contributed by atoms with Gasteiger partial charge in [-0.2, -0.15) is 0 Å². The van der Waals surface area contributed by atoms with E-state index in [0.717, 1.165) is 67.6 Å². The predicted molar refractivity (Wildman–Crippen MR) is 164 cm³/mol. The number of benzene rings is 3. The first-order valence-corrected chi connectivity index (χ1v) is 14.9. The molecule has 0 bridgehead atoms. The van der Waals surface area contributed by atoms with Crippen LogP contribution in [0, 0.1) is 12.3 Å². The molecule has 42 heavy (non-hydrogen) atoms. The zero-order valence-corrected chi connectivity index (χ0v) is 24.0. The minimum Gasteiger partial charge on any atom is -0.447 e. The van der Waals surface area contributed by atoms with Gasteiger partial charge in [-0.1, -0.05) is 79.2 Å². The highest BCUT2D eigenvalue weighted by molar-refractivity contribution is 5.97. The Kier molecular flexibility index (Phi) is 10.4. The van der Waals surface area contributed by atoms with E-state index in [0.29, 0.717) is 18.7 Å². The molecule has 1 saturated heterocycles. The number of nitrogens with zero attached hydrogens (tertiary/aromatic N) is 2. The van der Waals surface area contributed by atoms with E-state index < -0.39 is 6.09 Å². The van der Waals surface area contributed by atoms with Crippen molar-refractivity contribution in [1.82, 2.24) is 15.6 Å². The Morgan fingerprint density at radius 2 is 1.60 bits per heavy atom. The first-order chi connectivity index (χ1) is 20.6. The summed E-state index contributed by atoms with van der Waals surface area (Å²) in [6.07, 6.45) is 6.69. The van der Waals surface area contributed by atoms with E-state index in [-0.39, 0.29) is 30.8 Å². The lowest BCUT2D eigenvalue weighted by atomic mass is 9.85. The van der Waals surface area contributed by atoms with Crippen LogP contribution in [0.4, 0.5) is 10.5 Å². The van der Waals surface area contributed by atoms with E-state index >= 15 is 0 Å². The van der Waals surface area contributed by atoms with Crippen molar-refractivity contribution in [3.63, 3.8) is 0 Å². The van der Waals surface area contributed by atoms with Crippen LogP contribution in [0.3, 0.4) is 0 Å². The van der Waals surface area contributed by atoms with Gasteiger partial charge >= 0.3 is 6.09 Å². The second-order valence-corrected chi connectivity index (χ2v) is 10.8. The summed E-state index contributed by atoms with van der Waals surface area (Å²) in [6.45, 7) is 2.56. The lowest BCUT2D eigenvalue weighted by molar-refractivity contribution is -0.127. The first kappa shape index (κ1) is 29.5. The average Bonchev–Trinajstić information content (AvgIpc) is 3.00. The third-order valence-electron chi connectivity index (χ3n) is 7.86. The molecule has 3 aromatic carbocycles. The standard InChI is InChI=1S/C34H39N4O4/c39-32(28-18-16-26(17-19-28)24-36-33(40)29-12-9-13-29)25-35-20-23-42-34(41)38(37-21-7-2-8-22-37)31-15-6-5-14-30(31)27-10-3-1-4-11-27/h1-6,10-11,14-19,29,35H,7-9,12-13,20-25H2,(H,36,40). The molecule has 0 spiro atoms. The van der Waals surface area contributed by atoms with E-state index in [9.17, 15) is 14.4 Å². The molecule has 0 unspecified atom stereocenters. The number of hydrogen-bond donors (Lipinski definition) is 2. The maximum atomic E-state index is 13.5. The molecule has 8 nitrogen and oxygen atoms in total. The fourth-order valence-electron chi connectivity index (χ4n) is 5.21. The van der Waals surface area contributed by atoms with Crippen LogP contribution in [-0.4, -0.2) is 55.6 Å². The van der Waals surface area contributed by atoms with Gasteiger partial charge in [0.2, 0.25) is 5.91 Å². The minimum absolute atomic E-state index is 0.0469. The van der Waals surface area contributed by atoms with Crippen molar-refractivity contribution in [2.45, 2.75) is 38.6 Å². The van der Waals surface area contributed by atoms with E-state index in [1.807, 2.05) is 71.7 Å². The highest BCUT2D eigenvalue weighted by Crippen LogP contribution is 2.33. The average molecular weight is 568 g/mol. The number of hydrazine groups is 1. The molecule has 1 radical (unpaired) electrons. The Bertz CT molecular complexity index is 1340. The smallest absolute Gasteiger partial charge is 0.429 e. The molecular formula is C34H39N4O4. The van der Waals surface area contributed by atoms with Gasteiger partial charge in [0, 0.05) is 43.2 Å². The second-order valence-electron chi connectivity index (χ2n) is 10.8. The van der Waals surface area contributed by atoms with Gasteiger partial charge in [0.25, 0.3) is 0 Å². The number of Topliss-reactive ketones (excluding diaryl/α,β-unsaturated/α-hetero) is 1. The largest absolute Gasteiger partial charge is 0.447 e. The number of rotatable bonds is 12. The van der Waals surface area contributed by atoms with Gasteiger partial charge < -0.3 is 15.4 Å². The van der Waals surface area contributed by atoms with Gasteiger partial charge in [0.15, 0.2) is 5.78 Å². The van der Waals surface area contributed by atoms with Crippen molar-refractivity contribution in [2.75, 3.05) is 37.8 Å². The summed E-state index contributed by atoms with van der Waals surface area (Å²) in [5.41, 5.74) is 4.33. The van der Waals surface area contributed by atoms with Crippen molar-refractivity contribution >= 4 is 23.5 Å². The van der Waals surface area contributed by atoms with Gasteiger partial charge in [-0.25, -0.2) is 14.8 Å². The fourth-order valence-corrected chi connectivity index (χ4v) is 5.21. The van der Waals surface area contributed by atoms with Crippen LogP contribution in [0.1, 0.15) is 48.0 Å². The Labute approximate surface area is 248 Å². The minimum atomic E-state index is -0.437. The van der Waals surface area contributed by atoms with Crippen LogP contribution in [0.2, 0.25) is 0 Å². The molecule has 1 heterocycles. The third-order valence-corrected chi connectivity index (χ3v) is 7.86. The van der Waals surface area contributed by atoms with Crippen molar-refractivity contribution in [2.24, 2.45) is 5.92 Å². The molecule has 2 fully saturated rings. The number of amides is 2. The summed E-state index contributed by atoms with van der Waals surface area (Å²) in [5.74, 6) is 0.228. The summed E-state index contributed by atoms with van der Waals surface area (Å²) in [6, 6.07) is 25.2. The van der Waals surface area contributed by atoms with Crippen molar-refractivity contribution < 1.29 is 19.1 Å². The van der Waals surface area contributed by atoms with Gasteiger partial charge in [0.1, 0.15) is 6.61 Å². The molecule has 1 aliphatic carbocycles. The Morgan fingerprint density at radius 3 is 2.31 bits per heavy atom. The molecule has 0 atom stereocenters. The van der Waals surface area contributed by atoms with Gasteiger partial charge in [0.05, 0.1) is 12.2 Å². The molecule has 2 aliphatic rings. The number of piperidine rings is 1. The van der Waals surface area contributed by atoms with Crippen LogP contribution >= 0.6 is 0 Å². The lowest BCUT2D eigenvalue weighted by Gasteiger charge is -2.37. The maximum Gasteiger partial charge on any atom is 0.429 e. The molecule has 0 aromatic heterocycles. The number of anilines is 1. The number of ether oxygens (including phenoxy) is 1. The monoisotopic (exact) mass is 567 g/mol. The SMILES string of the molecule is O=C(CNCCOC(=O)N(c1ccccc1-c1ccccc1)N1CC[CH]CC1)c1ccc(CNC(=O)C2CCC2)cc1.